The van der Waals surface area contributed by atoms with Crippen molar-refractivity contribution in [3.05, 3.63) is 92.6 Å². The summed E-state index contributed by atoms with van der Waals surface area (Å²) in [6.07, 6.45) is 5.10. The fraction of sp³-hybridized carbons (Fsp3) is 0.0952. The fourth-order valence-corrected chi connectivity index (χ4v) is 3.49. The van der Waals surface area contributed by atoms with E-state index in [2.05, 4.69) is 5.32 Å². The Balaban J connectivity index is 1.56. The SMILES string of the molecule is CN(/C=C\C(=N)CNC(=O)c1ccc(Cl)s1)c1ccc(-n2ccccc2=O)cc1. The summed E-state index contributed by atoms with van der Waals surface area (Å²) in [5, 5.41) is 10.7. The van der Waals surface area contributed by atoms with Crippen LogP contribution in [0.25, 0.3) is 5.69 Å². The Morgan fingerprint density at radius 2 is 1.97 bits per heavy atom. The monoisotopic (exact) mass is 426 g/mol. The highest BCUT2D eigenvalue weighted by molar-refractivity contribution is 7.18. The second-order valence-corrected chi connectivity index (χ2v) is 7.88. The van der Waals surface area contributed by atoms with E-state index in [1.54, 1.807) is 41.2 Å². The maximum Gasteiger partial charge on any atom is 0.261 e. The number of anilines is 1. The predicted molar refractivity (Wildman–Crippen MR) is 119 cm³/mol. The van der Waals surface area contributed by atoms with Crippen molar-refractivity contribution in [2.24, 2.45) is 0 Å². The molecule has 3 aromatic rings. The topological polar surface area (TPSA) is 78.2 Å². The standard InChI is InChI=1S/C21H19ClN4O2S/c1-25(13-11-15(23)14-24-21(28)18-9-10-19(22)29-18)16-5-7-17(8-6-16)26-12-3-2-4-20(26)27/h2-13,23H,14H2,1H3,(H,24,28)/b13-11-,23-15?. The van der Waals surface area contributed by atoms with Crippen molar-refractivity contribution >= 4 is 40.2 Å². The van der Waals surface area contributed by atoms with E-state index in [0.29, 0.717) is 9.21 Å². The first-order valence-electron chi connectivity index (χ1n) is 8.74. The van der Waals surface area contributed by atoms with Gasteiger partial charge >= 0.3 is 0 Å². The molecule has 1 aromatic carbocycles. The summed E-state index contributed by atoms with van der Waals surface area (Å²) < 4.78 is 2.12. The highest BCUT2D eigenvalue weighted by Gasteiger charge is 2.08. The summed E-state index contributed by atoms with van der Waals surface area (Å²) in [5.41, 5.74) is 1.86. The van der Waals surface area contributed by atoms with Crippen LogP contribution in [0, 0.1) is 5.41 Å². The molecule has 0 aliphatic carbocycles. The first-order valence-corrected chi connectivity index (χ1v) is 9.93. The number of pyridine rings is 1. The van der Waals surface area contributed by atoms with Crippen LogP contribution in [0.2, 0.25) is 4.34 Å². The maximum atomic E-state index is 12.0. The Bertz CT molecular complexity index is 1100. The van der Waals surface area contributed by atoms with Crippen LogP contribution in [0.4, 0.5) is 5.69 Å². The molecule has 0 saturated carbocycles. The zero-order valence-electron chi connectivity index (χ0n) is 15.6. The van der Waals surface area contributed by atoms with Gasteiger partial charge in [-0.05, 0) is 48.5 Å². The van der Waals surface area contributed by atoms with E-state index in [9.17, 15) is 9.59 Å². The molecule has 2 aromatic heterocycles. The third kappa shape index (κ3) is 5.43. The predicted octanol–water partition coefficient (Wildman–Crippen LogP) is 3.95. The second-order valence-electron chi connectivity index (χ2n) is 6.16. The van der Waals surface area contributed by atoms with Crippen molar-refractivity contribution in [2.75, 3.05) is 18.5 Å². The van der Waals surface area contributed by atoms with Gasteiger partial charge in [0.25, 0.3) is 11.5 Å². The normalized spacial score (nSPS) is 10.8. The van der Waals surface area contributed by atoms with Gasteiger partial charge in [0.15, 0.2) is 0 Å². The summed E-state index contributed by atoms with van der Waals surface area (Å²) in [6, 6.07) is 15.9. The molecule has 8 heteroatoms. The molecule has 0 bridgehead atoms. The van der Waals surface area contributed by atoms with E-state index < -0.39 is 0 Å². The molecule has 29 heavy (non-hydrogen) atoms. The quantitative estimate of drug-likeness (QED) is 0.561. The number of thiophene rings is 1. The van der Waals surface area contributed by atoms with Crippen LogP contribution in [0.3, 0.4) is 0 Å². The zero-order chi connectivity index (χ0) is 20.8. The van der Waals surface area contributed by atoms with E-state index in [1.165, 1.54) is 17.4 Å². The number of nitrogens with one attached hydrogen (secondary N) is 2. The number of rotatable bonds is 7. The third-order valence-corrected chi connectivity index (χ3v) is 5.32. The molecule has 0 saturated heterocycles. The number of hydrogen-bond donors (Lipinski definition) is 2. The molecule has 0 atom stereocenters. The number of aromatic nitrogens is 1. The van der Waals surface area contributed by atoms with Gasteiger partial charge in [-0.2, -0.15) is 0 Å². The van der Waals surface area contributed by atoms with E-state index in [4.69, 9.17) is 17.0 Å². The number of amides is 1. The Morgan fingerprint density at radius 3 is 2.62 bits per heavy atom. The average molecular weight is 427 g/mol. The Hall–Kier alpha value is -3.16. The Kier molecular flexibility index (Phi) is 6.64. The van der Waals surface area contributed by atoms with Crippen molar-refractivity contribution in [1.29, 1.82) is 5.41 Å². The third-order valence-electron chi connectivity index (χ3n) is 4.09. The minimum Gasteiger partial charge on any atom is -0.351 e. The molecule has 0 radical (unpaired) electrons. The lowest BCUT2D eigenvalue weighted by molar-refractivity contribution is 0.0963. The summed E-state index contributed by atoms with van der Waals surface area (Å²) in [5.74, 6) is -0.250. The van der Waals surface area contributed by atoms with E-state index in [-0.39, 0.29) is 23.7 Å². The molecule has 0 aliphatic rings. The van der Waals surface area contributed by atoms with Crippen LogP contribution in [-0.2, 0) is 0 Å². The van der Waals surface area contributed by atoms with Gasteiger partial charge in [0.1, 0.15) is 0 Å². The van der Waals surface area contributed by atoms with E-state index in [1.807, 2.05) is 42.3 Å². The van der Waals surface area contributed by atoms with E-state index in [0.717, 1.165) is 11.4 Å². The fourth-order valence-electron chi connectivity index (χ4n) is 2.53. The van der Waals surface area contributed by atoms with Gasteiger partial charge in [-0.15, -0.1) is 11.3 Å². The van der Waals surface area contributed by atoms with Crippen molar-refractivity contribution in [3.63, 3.8) is 0 Å². The van der Waals surface area contributed by atoms with Crippen LogP contribution >= 0.6 is 22.9 Å². The van der Waals surface area contributed by atoms with Crippen LogP contribution < -0.4 is 15.8 Å². The lowest BCUT2D eigenvalue weighted by Crippen LogP contribution is -2.28. The summed E-state index contributed by atoms with van der Waals surface area (Å²) >= 11 is 7.02. The van der Waals surface area contributed by atoms with Gasteiger partial charge in [0, 0.05) is 36.9 Å². The molecular weight excluding hydrogens is 408 g/mol. The van der Waals surface area contributed by atoms with Gasteiger partial charge < -0.3 is 15.6 Å². The number of carbonyl (C=O) groups is 1. The largest absolute Gasteiger partial charge is 0.351 e. The molecule has 0 aliphatic heterocycles. The van der Waals surface area contributed by atoms with Crippen molar-refractivity contribution < 1.29 is 4.79 Å². The minimum atomic E-state index is -0.250. The van der Waals surface area contributed by atoms with Crippen LogP contribution in [0.15, 0.2) is 77.9 Å². The lowest BCUT2D eigenvalue weighted by atomic mass is 10.2. The van der Waals surface area contributed by atoms with Crippen LogP contribution in [0.1, 0.15) is 9.67 Å². The Morgan fingerprint density at radius 1 is 1.21 bits per heavy atom. The first-order chi connectivity index (χ1) is 13.9. The van der Waals surface area contributed by atoms with Gasteiger partial charge in [-0.25, -0.2) is 0 Å². The molecule has 1 amide bonds. The van der Waals surface area contributed by atoms with Gasteiger partial charge in [-0.3, -0.25) is 14.2 Å². The number of hydrogen-bond acceptors (Lipinski definition) is 5. The molecule has 0 unspecified atom stereocenters. The molecule has 0 fully saturated rings. The average Bonchev–Trinajstić information content (AvgIpc) is 3.17. The molecule has 6 nitrogen and oxygen atoms in total. The molecular formula is C21H19ClN4O2S. The smallest absolute Gasteiger partial charge is 0.261 e. The first kappa shape index (κ1) is 20.6. The maximum absolute atomic E-state index is 12.0. The van der Waals surface area contributed by atoms with Gasteiger partial charge in [-0.1, -0.05) is 17.7 Å². The molecule has 0 spiro atoms. The van der Waals surface area contributed by atoms with Crippen LogP contribution in [-0.4, -0.2) is 29.8 Å². The summed E-state index contributed by atoms with van der Waals surface area (Å²) in [4.78, 5) is 26.2. The van der Waals surface area contributed by atoms with E-state index >= 15 is 0 Å². The highest BCUT2D eigenvalue weighted by atomic mass is 35.5. The van der Waals surface area contributed by atoms with Gasteiger partial charge in [0.05, 0.1) is 21.5 Å². The van der Waals surface area contributed by atoms with Crippen LogP contribution in [0.5, 0.6) is 0 Å². The number of nitrogens with zero attached hydrogens (tertiary/aromatic N) is 2. The van der Waals surface area contributed by atoms with Crippen molar-refractivity contribution in [3.8, 4) is 5.69 Å². The molecule has 148 valence electrons. The van der Waals surface area contributed by atoms with Crippen molar-refractivity contribution in [2.45, 2.75) is 0 Å². The number of carbonyl (C=O) groups excluding carboxylic acids is 1. The number of halogens is 1. The zero-order valence-corrected chi connectivity index (χ0v) is 17.2. The number of benzene rings is 1. The second kappa shape index (κ2) is 9.36. The Labute approximate surface area is 177 Å². The minimum absolute atomic E-state index is 0.0891. The highest BCUT2D eigenvalue weighted by Crippen LogP contribution is 2.21. The lowest BCUT2D eigenvalue weighted by Gasteiger charge is -2.15. The molecule has 2 heterocycles. The van der Waals surface area contributed by atoms with Gasteiger partial charge in [0.2, 0.25) is 0 Å². The molecule has 2 N–H and O–H groups in total. The molecule has 3 rings (SSSR count). The summed E-state index contributed by atoms with van der Waals surface area (Å²) in [7, 11) is 1.86. The van der Waals surface area contributed by atoms with Crippen molar-refractivity contribution in [1.82, 2.24) is 9.88 Å². The summed E-state index contributed by atoms with van der Waals surface area (Å²) in [6.45, 7) is 0.120.